The average molecular weight is 247 g/mol. The van der Waals surface area contributed by atoms with Crippen LogP contribution >= 0.6 is 0 Å². The second-order valence-electron chi connectivity index (χ2n) is 3.37. The SMILES string of the molecule is CCOC(=O)C(C)Nc1cc(F)c(F)c(F)c1. The number of carbonyl (C=O) groups is 1. The van der Waals surface area contributed by atoms with E-state index >= 15 is 0 Å². The van der Waals surface area contributed by atoms with Crippen LogP contribution in [0.1, 0.15) is 13.8 Å². The minimum atomic E-state index is -1.54. The zero-order valence-electron chi connectivity index (χ0n) is 9.39. The van der Waals surface area contributed by atoms with Crippen molar-refractivity contribution in [2.75, 3.05) is 11.9 Å². The van der Waals surface area contributed by atoms with E-state index in [1.807, 2.05) is 0 Å². The van der Waals surface area contributed by atoms with E-state index in [9.17, 15) is 18.0 Å². The summed E-state index contributed by atoms with van der Waals surface area (Å²) in [5.74, 6) is -4.73. The number of nitrogens with one attached hydrogen (secondary N) is 1. The Morgan fingerprint density at radius 1 is 1.35 bits per heavy atom. The molecular formula is C11H12F3NO2. The predicted octanol–water partition coefficient (Wildman–Crippen LogP) is 2.47. The van der Waals surface area contributed by atoms with Gasteiger partial charge >= 0.3 is 5.97 Å². The highest BCUT2D eigenvalue weighted by atomic mass is 19.2. The van der Waals surface area contributed by atoms with Gasteiger partial charge in [0.25, 0.3) is 0 Å². The molecule has 0 heterocycles. The molecule has 1 N–H and O–H groups in total. The molecule has 0 amide bonds. The van der Waals surface area contributed by atoms with E-state index < -0.39 is 29.5 Å². The van der Waals surface area contributed by atoms with Crippen LogP contribution in [0.25, 0.3) is 0 Å². The van der Waals surface area contributed by atoms with Crippen molar-refractivity contribution in [3.63, 3.8) is 0 Å². The molecule has 0 saturated carbocycles. The monoisotopic (exact) mass is 247 g/mol. The van der Waals surface area contributed by atoms with Gasteiger partial charge in [-0.3, -0.25) is 0 Å². The second kappa shape index (κ2) is 5.56. The average Bonchev–Trinajstić information content (AvgIpc) is 2.26. The molecule has 0 bridgehead atoms. The summed E-state index contributed by atoms with van der Waals surface area (Å²) in [7, 11) is 0. The van der Waals surface area contributed by atoms with Gasteiger partial charge in [0.2, 0.25) is 0 Å². The fraction of sp³-hybridized carbons (Fsp3) is 0.364. The molecule has 0 aliphatic rings. The first-order valence-electron chi connectivity index (χ1n) is 5.03. The smallest absolute Gasteiger partial charge is 0.328 e. The summed E-state index contributed by atoms with van der Waals surface area (Å²) < 4.78 is 43.1. The minimum absolute atomic E-state index is 0.0260. The van der Waals surface area contributed by atoms with Crippen LogP contribution in [-0.2, 0) is 9.53 Å². The normalized spacial score (nSPS) is 12.1. The largest absolute Gasteiger partial charge is 0.464 e. The lowest BCUT2D eigenvalue weighted by molar-refractivity contribution is -0.143. The third-order valence-corrected chi connectivity index (χ3v) is 2.01. The van der Waals surface area contributed by atoms with E-state index in [-0.39, 0.29) is 12.3 Å². The summed E-state index contributed by atoms with van der Waals surface area (Å²) in [5, 5.41) is 2.51. The molecule has 1 aromatic rings. The Balaban J connectivity index is 2.78. The van der Waals surface area contributed by atoms with Gasteiger partial charge in [-0.25, -0.2) is 18.0 Å². The van der Waals surface area contributed by atoms with E-state index in [0.29, 0.717) is 0 Å². The van der Waals surface area contributed by atoms with E-state index in [2.05, 4.69) is 5.32 Å². The molecule has 0 aliphatic heterocycles. The summed E-state index contributed by atoms with van der Waals surface area (Å²) in [6.07, 6.45) is 0. The van der Waals surface area contributed by atoms with Gasteiger partial charge in [0.1, 0.15) is 6.04 Å². The van der Waals surface area contributed by atoms with Gasteiger partial charge < -0.3 is 10.1 Å². The van der Waals surface area contributed by atoms with E-state index in [0.717, 1.165) is 12.1 Å². The van der Waals surface area contributed by atoms with Gasteiger partial charge in [-0.15, -0.1) is 0 Å². The molecule has 1 rings (SSSR count). The molecule has 17 heavy (non-hydrogen) atoms. The van der Waals surface area contributed by atoms with Crippen LogP contribution in [0.5, 0.6) is 0 Å². The standard InChI is InChI=1S/C11H12F3NO2/c1-3-17-11(16)6(2)15-7-4-8(12)10(14)9(13)5-7/h4-6,15H,3H2,1-2H3. The van der Waals surface area contributed by atoms with Crippen LogP contribution in [0.15, 0.2) is 12.1 Å². The Labute approximate surface area is 96.6 Å². The van der Waals surface area contributed by atoms with Gasteiger partial charge in [-0.2, -0.15) is 0 Å². The number of rotatable bonds is 4. The fourth-order valence-electron chi connectivity index (χ4n) is 1.22. The zero-order valence-corrected chi connectivity index (χ0v) is 9.39. The quantitative estimate of drug-likeness (QED) is 0.656. The highest BCUT2D eigenvalue weighted by molar-refractivity contribution is 5.78. The summed E-state index contributed by atoms with van der Waals surface area (Å²) in [4.78, 5) is 11.2. The Morgan fingerprint density at radius 3 is 2.35 bits per heavy atom. The highest BCUT2D eigenvalue weighted by Gasteiger charge is 2.16. The molecule has 0 fully saturated rings. The maximum absolute atomic E-state index is 12.9. The molecule has 1 aromatic carbocycles. The predicted molar refractivity (Wildman–Crippen MR) is 56.0 cm³/mol. The van der Waals surface area contributed by atoms with E-state index in [1.54, 1.807) is 6.92 Å². The molecule has 6 heteroatoms. The topological polar surface area (TPSA) is 38.3 Å². The number of hydrogen-bond donors (Lipinski definition) is 1. The van der Waals surface area contributed by atoms with E-state index in [1.165, 1.54) is 6.92 Å². The number of benzene rings is 1. The lowest BCUT2D eigenvalue weighted by Crippen LogP contribution is -2.28. The molecule has 0 radical (unpaired) electrons. The van der Waals surface area contributed by atoms with Gasteiger partial charge in [0.15, 0.2) is 17.5 Å². The summed E-state index contributed by atoms with van der Waals surface area (Å²) >= 11 is 0. The van der Waals surface area contributed by atoms with Crippen molar-refractivity contribution in [3.8, 4) is 0 Å². The molecular weight excluding hydrogens is 235 g/mol. The first-order chi connectivity index (χ1) is 7.95. The maximum Gasteiger partial charge on any atom is 0.328 e. The van der Waals surface area contributed by atoms with Crippen LogP contribution in [0.2, 0.25) is 0 Å². The van der Waals surface area contributed by atoms with Crippen LogP contribution < -0.4 is 5.32 Å². The number of carbonyl (C=O) groups excluding carboxylic acids is 1. The summed E-state index contributed by atoms with van der Waals surface area (Å²) in [6.45, 7) is 3.32. The molecule has 1 atom stereocenters. The lowest BCUT2D eigenvalue weighted by Gasteiger charge is -2.14. The minimum Gasteiger partial charge on any atom is -0.464 e. The Hall–Kier alpha value is -1.72. The highest BCUT2D eigenvalue weighted by Crippen LogP contribution is 2.18. The number of ether oxygens (including phenoxy) is 1. The fourth-order valence-corrected chi connectivity index (χ4v) is 1.22. The number of anilines is 1. The van der Waals surface area contributed by atoms with Crippen LogP contribution in [0.4, 0.5) is 18.9 Å². The van der Waals surface area contributed by atoms with Crippen molar-refractivity contribution >= 4 is 11.7 Å². The maximum atomic E-state index is 12.9. The summed E-state index contributed by atoms with van der Waals surface area (Å²) in [5.41, 5.74) is -0.0260. The van der Waals surface area contributed by atoms with Crippen molar-refractivity contribution in [2.24, 2.45) is 0 Å². The molecule has 0 spiro atoms. The van der Waals surface area contributed by atoms with Crippen molar-refractivity contribution < 1.29 is 22.7 Å². The van der Waals surface area contributed by atoms with E-state index in [4.69, 9.17) is 4.74 Å². The number of esters is 1. The number of halogens is 3. The van der Waals surface area contributed by atoms with Crippen LogP contribution in [0.3, 0.4) is 0 Å². The Kier molecular flexibility index (Phi) is 4.37. The van der Waals surface area contributed by atoms with Crippen molar-refractivity contribution in [2.45, 2.75) is 19.9 Å². The van der Waals surface area contributed by atoms with Crippen molar-refractivity contribution in [1.29, 1.82) is 0 Å². The first-order valence-corrected chi connectivity index (χ1v) is 5.03. The second-order valence-corrected chi connectivity index (χ2v) is 3.37. The third kappa shape index (κ3) is 3.37. The Morgan fingerprint density at radius 2 is 1.88 bits per heavy atom. The van der Waals surface area contributed by atoms with Gasteiger partial charge in [0.05, 0.1) is 6.61 Å². The molecule has 3 nitrogen and oxygen atoms in total. The molecule has 94 valence electrons. The van der Waals surface area contributed by atoms with Crippen LogP contribution in [0, 0.1) is 17.5 Å². The lowest BCUT2D eigenvalue weighted by atomic mass is 10.2. The number of hydrogen-bond acceptors (Lipinski definition) is 3. The first kappa shape index (κ1) is 13.3. The molecule has 1 unspecified atom stereocenters. The summed E-state index contributed by atoms with van der Waals surface area (Å²) in [6, 6.07) is 0.765. The molecule has 0 aliphatic carbocycles. The zero-order chi connectivity index (χ0) is 13.0. The third-order valence-electron chi connectivity index (χ3n) is 2.01. The van der Waals surface area contributed by atoms with Gasteiger partial charge in [0, 0.05) is 17.8 Å². The van der Waals surface area contributed by atoms with Crippen molar-refractivity contribution in [1.82, 2.24) is 0 Å². The van der Waals surface area contributed by atoms with Gasteiger partial charge in [-0.05, 0) is 13.8 Å². The Bertz CT molecular complexity index is 400. The van der Waals surface area contributed by atoms with Crippen LogP contribution in [-0.4, -0.2) is 18.6 Å². The molecule has 0 aromatic heterocycles. The van der Waals surface area contributed by atoms with Crippen molar-refractivity contribution in [3.05, 3.63) is 29.6 Å². The molecule has 0 saturated heterocycles. The van der Waals surface area contributed by atoms with Gasteiger partial charge in [-0.1, -0.05) is 0 Å².